The molecule has 0 heterocycles. The van der Waals surface area contributed by atoms with Gasteiger partial charge in [0.2, 0.25) is 11.8 Å². The highest BCUT2D eigenvalue weighted by Gasteiger charge is 2.21. The number of rotatable bonds is 6. The summed E-state index contributed by atoms with van der Waals surface area (Å²) >= 11 is 17.8. The minimum atomic E-state index is -0.555. The van der Waals surface area contributed by atoms with Crippen molar-refractivity contribution in [1.82, 2.24) is 4.90 Å². The van der Waals surface area contributed by atoms with E-state index >= 15 is 0 Å². The lowest BCUT2D eigenvalue weighted by Crippen LogP contribution is -2.43. The van der Waals surface area contributed by atoms with E-state index < -0.39 is 6.04 Å². The van der Waals surface area contributed by atoms with Crippen LogP contribution >= 0.6 is 34.8 Å². The van der Waals surface area contributed by atoms with Gasteiger partial charge in [0.1, 0.15) is 0 Å². The van der Waals surface area contributed by atoms with E-state index in [0.29, 0.717) is 26.4 Å². The number of hydrogen-bond donors (Lipinski definition) is 2. The van der Waals surface area contributed by atoms with E-state index in [1.165, 1.54) is 0 Å². The number of halogens is 3. The molecule has 2 rings (SSSR count). The van der Waals surface area contributed by atoms with Crippen LogP contribution in [0.5, 0.6) is 0 Å². The highest BCUT2D eigenvalue weighted by Crippen LogP contribution is 2.25. The first-order valence-electron chi connectivity index (χ1n) is 7.78. The van der Waals surface area contributed by atoms with Crippen LogP contribution in [0.3, 0.4) is 0 Å². The van der Waals surface area contributed by atoms with E-state index in [2.05, 4.69) is 10.6 Å². The van der Waals surface area contributed by atoms with Crippen molar-refractivity contribution >= 4 is 58.0 Å². The second-order valence-corrected chi connectivity index (χ2v) is 7.04. The highest BCUT2D eigenvalue weighted by atomic mass is 35.5. The van der Waals surface area contributed by atoms with Gasteiger partial charge in [-0.3, -0.25) is 14.5 Å². The third-order valence-electron chi connectivity index (χ3n) is 3.75. The van der Waals surface area contributed by atoms with Crippen molar-refractivity contribution < 1.29 is 9.59 Å². The molecule has 2 aromatic carbocycles. The van der Waals surface area contributed by atoms with Crippen LogP contribution in [-0.2, 0) is 9.59 Å². The molecule has 0 aliphatic heterocycles. The smallest absolute Gasteiger partial charge is 0.241 e. The molecule has 0 radical (unpaired) electrons. The zero-order chi connectivity index (χ0) is 19.3. The van der Waals surface area contributed by atoms with Gasteiger partial charge in [0.05, 0.1) is 23.3 Å². The number of hydrogen-bond acceptors (Lipinski definition) is 3. The largest absolute Gasteiger partial charge is 0.325 e. The van der Waals surface area contributed by atoms with Gasteiger partial charge in [0, 0.05) is 15.7 Å². The zero-order valence-corrected chi connectivity index (χ0v) is 16.5. The first kappa shape index (κ1) is 20.5. The van der Waals surface area contributed by atoms with Crippen molar-refractivity contribution in [3.05, 3.63) is 57.5 Å². The van der Waals surface area contributed by atoms with Gasteiger partial charge in [-0.2, -0.15) is 0 Å². The Hall–Kier alpha value is -1.79. The van der Waals surface area contributed by atoms with Crippen molar-refractivity contribution in [2.45, 2.75) is 13.0 Å². The van der Waals surface area contributed by atoms with E-state index in [1.54, 1.807) is 61.3 Å². The van der Waals surface area contributed by atoms with E-state index in [4.69, 9.17) is 34.8 Å². The van der Waals surface area contributed by atoms with E-state index in [1.807, 2.05) is 0 Å². The average molecular weight is 415 g/mol. The van der Waals surface area contributed by atoms with E-state index in [0.717, 1.165) is 0 Å². The molecule has 2 aromatic rings. The Morgan fingerprint density at radius 1 is 1.00 bits per heavy atom. The minimum Gasteiger partial charge on any atom is -0.325 e. The number of carbonyl (C=O) groups is 2. The maximum absolute atomic E-state index is 12.4. The fourth-order valence-corrected chi connectivity index (χ4v) is 2.59. The van der Waals surface area contributed by atoms with Crippen LogP contribution in [0.2, 0.25) is 15.1 Å². The molecular weight excluding hydrogens is 397 g/mol. The third kappa shape index (κ3) is 5.88. The molecule has 0 aliphatic carbocycles. The Morgan fingerprint density at radius 2 is 1.62 bits per heavy atom. The first-order valence-corrected chi connectivity index (χ1v) is 8.91. The van der Waals surface area contributed by atoms with Crippen LogP contribution in [0.4, 0.5) is 11.4 Å². The number of benzene rings is 2. The molecule has 0 unspecified atom stereocenters. The summed E-state index contributed by atoms with van der Waals surface area (Å²) in [5, 5.41) is 6.91. The number of amides is 2. The highest BCUT2D eigenvalue weighted by molar-refractivity contribution is 6.35. The summed E-state index contributed by atoms with van der Waals surface area (Å²) in [5.41, 5.74) is 1.06. The molecule has 0 bridgehead atoms. The van der Waals surface area contributed by atoms with Crippen LogP contribution in [0.25, 0.3) is 0 Å². The lowest BCUT2D eigenvalue weighted by atomic mass is 10.2. The number of nitrogens with zero attached hydrogens (tertiary/aromatic N) is 1. The second kappa shape index (κ2) is 9.24. The van der Waals surface area contributed by atoms with Gasteiger partial charge >= 0.3 is 0 Å². The Kier molecular flexibility index (Phi) is 7.29. The summed E-state index contributed by atoms with van der Waals surface area (Å²) in [7, 11) is 1.69. The summed E-state index contributed by atoms with van der Waals surface area (Å²) in [4.78, 5) is 26.2. The number of anilines is 2. The van der Waals surface area contributed by atoms with Crippen molar-refractivity contribution in [1.29, 1.82) is 0 Å². The van der Waals surface area contributed by atoms with Crippen LogP contribution < -0.4 is 10.6 Å². The molecule has 8 heteroatoms. The van der Waals surface area contributed by atoms with Crippen LogP contribution in [0, 0.1) is 0 Å². The molecule has 1 atom stereocenters. The monoisotopic (exact) mass is 413 g/mol. The van der Waals surface area contributed by atoms with Gasteiger partial charge in [0.25, 0.3) is 0 Å². The predicted molar refractivity (Wildman–Crippen MR) is 107 cm³/mol. The van der Waals surface area contributed by atoms with Gasteiger partial charge in [-0.1, -0.05) is 34.8 Å². The number of nitrogens with one attached hydrogen (secondary N) is 2. The number of carbonyl (C=O) groups excluding carboxylic acids is 2. The lowest BCUT2D eigenvalue weighted by molar-refractivity contribution is -0.122. The fourth-order valence-electron chi connectivity index (χ4n) is 2.13. The molecule has 5 nitrogen and oxygen atoms in total. The van der Waals surface area contributed by atoms with Crippen LogP contribution in [0.15, 0.2) is 42.5 Å². The van der Waals surface area contributed by atoms with Gasteiger partial charge in [-0.15, -0.1) is 0 Å². The maximum Gasteiger partial charge on any atom is 0.241 e. The van der Waals surface area contributed by atoms with Gasteiger partial charge in [0.15, 0.2) is 0 Å². The third-order valence-corrected chi connectivity index (χ3v) is 4.56. The molecule has 138 valence electrons. The topological polar surface area (TPSA) is 61.4 Å². The molecule has 2 amide bonds. The molecule has 0 saturated heterocycles. The fraction of sp³-hybridized carbons (Fsp3) is 0.222. The summed E-state index contributed by atoms with van der Waals surface area (Å²) < 4.78 is 0. The predicted octanol–water partition coefficient (Wildman–Crippen LogP) is 4.54. The van der Waals surface area contributed by atoms with Gasteiger partial charge in [-0.05, 0) is 56.4 Å². The second-order valence-electron chi connectivity index (χ2n) is 5.76. The van der Waals surface area contributed by atoms with Crippen LogP contribution in [0.1, 0.15) is 6.92 Å². The van der Waals surface area contributed by atoms with E-state index in [-0.39, 0.29) is 18.4 Å². The van der Waals surface area contributed by atoms with Gasteiger partial charge < -0.3 is 10.6 Å². The number of likely N-dealkylation sites (N-methyl/N-ethyl adjacent to an activating group) is 1. The summed E-state index contributed by atoms with van der Waals surface area (Å²) in [6.45, 7) is 1.74. The molecular formula is C18H18Cl3N3O2. The summed E-state index contributed by atoms with van der Waals surface area (Å²) in [5.74, 6) is -0.536. The Morgan fingerprint density at radius 3 is 2.27 bits per heavy atom. The normalized spacial score (nSPS) is 11.9. The zero-order valence-electron chi connectivity index (χ0n) is 14.2. The molecule has 0 fully saturated rings. The van der Waals surface area contributed by atoms with Crippen molar-refractivity contribution in [3.8, 4) is 0 Å². The SMILES string of the molecule is C[C@@H](C(=O)Nc1cc(Cl)ccc1Cl)N(C)CC(=O)Nc1ccc(Cl)cc1. The Labute approximate surface area is 167 Å². The first-order chi connectivity index (χ1) is 12.3. The van der Waals surface area contributed by atoms with Crippen molar-refractivity contribution in [3.63, 3.8) is 0 Å². The maximum atomic E-state index is 12.4. The Bertz CT molecular complexity index is 797. The Balaban J connectivity index is 1.92. The standard InChI is InChI=1S/C18H18Cl3N3O2/c1-11(18(26)23-16-9-13(20)5-8-15(16)21)24(2)10-17(25)22-14-6-3-12(19)4-7-14/h3-9,11H,10H2,1-2H3,(H,22,25)(H,23,26)/t11-/m0/s1. The van der Waals surface area contributed by atoms with Crippen LogP contribution in [-0.4, -0.2) is 36.3 Å². The molecule has 26 heavy (non-hydrogen) atoms. The van der Waals surface area contributed by atoms with Crippen molar-refractivity contribution in [2.24, 2.45) is 0 Å². The van der Waals surface area contributed by atoms with Gasteiger partial charge in [-0.25, -0.2) is 0 Å². The van der Waals surface area contributed by atoms with E-state index in [9.17, 15) is 9.59 Å². The minimum absolute atomic E-state index is 0.0422. The molecule has 0 spiro atoms. The molecule has 0 aliphatic rings. The average Bonchev–Trinajstić information content (AvgIpc) is 2.59. The molecule has 0 aromatic heterocycles. The van der Waals surface area contributed by atoms with Crippen molar-refractivity contribution in [2.75, 3.05) is 24.2 Å². The summed E-state index contributed by atoms with van der Waals surface area (Å²) in [6.07, 6.45) is 0. The summed E-state index contributed by atoms with van der Waals surface area (Å²) in [6, 6.07) is 11.0. The quantitative estimate of drug-likeness (QED) is 0.729. The lowest BCUT2D eigenvalue weighted by Gasteiger charge is -2.23. The molecule has 0 saturated carbocycles. The molecule has 2 N–H and O–H groups in total.